The molecule has 90 valence electrons. The number of H-pyrrole nitrogens is 1. The van der Waals surface area contributed by atoms with Gasteiger partial charge in [-0.3, -0.25) is 0 Å². The SMILES string of the molecule is CCOC(=O)c1cc2cc(OC)cc(Cl)c2[nH]1. The molecule has 0 aliphatic heterocycles. The lowest BCUT2D eigenvalue weighted by Gasteiger charge is -2.00. The fourth-order valence-corrected chi connectivity index (χ4v) is 1.87. The summed E-state index contributed by atoms with van der Waals surface area (Å²) in [5.74, 6) is 0.260. The van der Waals surface area contributed by atoms with Crippen LogP contribution in [0.3, 0.4) is 0 Å². The summed E-state index contributed by atoms with van der Waals surface area (Å²) < 4.78 is 10.0. The molecule has 0 aliphatic carbocycles. The van der Waals surface area contributed by atoms with Gasteiger partial charge in [0.2, 0.25) is 0 Å². The van der Waals surface area contributed by atoms with Gasteiger partial charge in [-0.15, -0.1) is 0 Å². The Kier molecular flexibility index (Phi) is 3.24. The lowest BCUT2D eigenvalue weighted by atomic mass is 10.2. The number of aromatic nitrogens is 1. The van der Waals surface area contributed by atoms with Gasteiger partial charge in [-0.05, 0) is 19.1 Å². The first kappa shape index (κ1) is 11.8. The van der Waals surface area contributed by atoms with Gasteiger partial charge in [0, 0.05) is 11.5 Å². The summed E-state index contributed by atoms with van der Waals surface area (Å²) in [4.78, 5) is 14.5. The van der Waals surface area contributed by atoms with E-state index >= 15 is 0 Å². The maximum atomic E-state index is 11.6. The summed E-state index contributed by atoms with van der Waals surface area (Å²) in [6.45, 7) is 2.10. The molecule has 0 spiro atoms. The van der Waals surface area contributed by atoms with Crippen LogP contribution in [0.15, 0.2) is 18.2 Å². The largest absolute Gasteiger partial charge is 0.497 e. The van der Waals surface area contributed by atoms with Gasteiger partial charge in [-0.25, -0.2) is 4.79 Å². The summed E-state index contributed by atoms with van der Waals surface area (Å²) in [7, 11) is 1.57. The van der Waals surface area contributed by atoms with Crippen LogP contribution in [0.2, 0.25) is 5.02 Å². The Morgan fingerprint density at radius 1 is 1.41 bits per heavy atom. The molecule has 0 unspecified atom stereocenters. The summed E-state index contributed by atoms with van der Waals surface area (Å²) in [5, 5.41) is 1.33. The number of nitrogens with one attached hydrogen (secondary N) is 1. The smallest absolute Gasteiger partial charge is 0.354 e. The fraction of sp³-hybridized carbons (Fsp3) is 0.250. The third kappa shape index (κ3) is 2.22. The van der Waals surface area contributed by atoms with E-state index in [1.807, 2.05) is 0 Å². The summed E-state index contributed by atoms with van der Waals surface area (Å²) in [6.07, 6.45) is 0. The standard InChI is InChI=1S/C12H12ClNO3/c1-3-17-12(15)10-5-7-4-8(16-2)6-9(13)11(7)14-10/h4-6,14H,3H2,1-2H3. The number of carbonyl (C=O) groups excluding carboxylic acids is 1. The molecule has 1 N–H and O–H groups in total. The van der Waals surface area contributed by atoms with Gasteiger partial charge >= 0.3 is 5.97 Å². The Balaban J connectivity index is 2.49. The quantitative estimate of drug-likeness (QED) is 0.856. The number of aromatic amines is 1. The molecule has 0 aliphatic rings. The first-order valence-electron chi connectivity index (χ1n) is 5.19. The van der Waals surface area contributed by atoms with E-state index in [0.29, 0.717) is 28.6 Å². The number of halogens is 1. The predicted molar refractivity (Wildman–Crippen MR) is 65.8 cm³/mol. The van der Waals surface area contributed by atoms with Crippen LogP contribution in [-0.2, 0) is 4.74 Å². The molecule has 17 heavy (non-hydrogen) atoms. The van der Waals surface area contributed by atoms with Crippen LogP contribution in [0.25, 0.3) is 10.9 Å². The maximum absolute atomic E-state index is 11.6. The number of fused-ring (bicyclic) bond motifs is 1. The molecule has 0 fully saturated rings. The van der Waals surface area contributed by atoms with Crippen LogP contribution in [0.1, 0.15) is 17.4 Å². The summed E-state index contributed by atoms with van der Waals surface area (Å²) in [6, 6.07) is 5.19. The van der Waals surface area contributed by atoms with E-state index in [2.05, 4.69) is 4.98 Å². The Morgan fingerprint density at radius 2 is 2.18 bits per heavy atom. The zero-order chi connectivity index (χ0) is 12.4. The molecule has 0 saturated heterocycles. The minimum absolute atomic E-state index is 0.339. The predicted octanol–water partition coefficient (Wildman–Crippen LogP) is 3.01. The molecule has 1 aromatic carbocycles. The van der Waals surface area contributed by atoms with Gasteiger partial charge in [0.15, 0.2) is 0 Å². The number of esters is 1. The Morgan fingerprint density at radius 3 is 2.82 bits per heavy atom. The highest BCUT2D eigenvalue weighted by atomic mass is 35.5. The first-order chi connectivity index (χ1) is 8.15. The topological polar surface area (TPSA) is 51.3 Å². The number of carbonyl (C=O) groups is 1. The van der Waals surface area contributed by atoms with E-state index in [1.165, 1.54) is 0 Å². The average molecular weight is 254 g/mol. The van der Waals surface area contributed by atoms with Gasteiger partial charge in [-0.1, -0.05) is 11.6 Å². The van der Waals surface area contributed by atoms with Crippen LogP contribution in [0.5, 0.6) is 5.75 Å². The van der Waals surface area contributed by atoms with Crippen molar-refractivity contribution in [2.75, 3.05) is 13.7 Å². The van der Waals surface area contributed by atoms with Crippen molar-refractivity contribution < 1.29 is 14.3 Å². The molecular weight excluding hydrogens is 242 g/mol. The lowest BCUT2D eigenvalue weighted by molar-refractivity contribution is 0.0520. The molecule has 0 bridgehead atoms. The second kappa shape index (κ2) is 4.67. The fourth-order valence-electron chi connectivity index (χ4n) is 1.61. The summed E-state index contributed by atoms with van der Waals surface area (Å²) in [5.41, 5.74) is 1.09. The van der Waals surface area contributed by atoms with Crippen molar-refractivity contribution in [1.29, 1.82) is 0 Å². The van der Waals surface area contributed by atoms with Crippen LogP contribution in [-0.4, -0.2) is 24.7 Å². The van der Waals surface area contributed by atoms with E-state index in [9.17, 15) is 4.79 Å². The number of methoxy groups -OCH3 is 1. The van der Waals surface area contributed by atoms with Crippen molar-refractivity contribution in [3.05, 3.63) is 28.9 Å². The molecule has 0 radical (unpaired) electrons. The van der Waals surface area contributed by atoms with Crippen molar-refractivity contribution >= 4 is 28.5 Å². The molecule has 2 rings (SSSR count). The van der Waals surface area contributed by atoms with Gasteiger partial charge < -0.3 is 14.5 Å². The van der Waals surface area contributed by atoms with Crippen molar-refractivity contribution in [3.8, 4) is 5.75 Å². The zero-order valence-corrected chi connectivity index (χ0v) is 10.3. The second-order valence-electron chi connectivity index (χ2n) is 3.48. The molecule has 0 atom stereocenters. The number of hydrogen-bond acceptors (Lipinski definition) is 3. The number of ether oxygens (including phenoxy) is 2. The monoisotopic (exact) mass is 253 g/mol. The third-order valence-corrected chi connectivity index (χ3v) is 2.68. The summed E-state index contributed by atoms with van der Waals surface area (Å²) >= 11 is 6.07. The molecule has 1 heterocycles. The average Bonchev–Trinajstić information content (AvgIpc) is 2.73. The van der Waals surface area contributed by atoms with Gasteiger partial charge in [0.05, 0.1) is 24.3 Å². The highest BCUT2D eigenvalue weighted by Gasteiger charge is 2.12. The minimum atomic E-state index is -0.390. The molecule has 4 nitrogen and oxygen atoms in total. The van der Waals surface area contributed by atoms with Crippen LogP contribution >= 0.6 is 11.6 Å². The van der Waals surface area contributed by atoms with Crippen molar-refractivity contribution in [2.45, 2.75) is 6.92 Å². The van der Waals surface area contributed by atoms with Gasteiger partial charge in [-0.2, -0.15) is 0 Å². The van der Waals surface area contributed by atoms with E-state index in [-0.39, 0.29) is 0 Å². The number of benzene rings is 1. The minimum Gasteiger partial charge on any atom is -0.497 e. The molecule has 2 aromatic rings. The second-order valence-corrected chi connectivity index (χ2v) is 3.88. The highest BCUT2D eigenvalue weighted by molar-refractivity contribution is 6.35. The highest BCUT2D eigenvalue weighted by Crippen LogP contribution is 2.29. The molecule has 1 aromatic heterocycles. The van der Waals surface area contributed by atoms with E-state index in [4.69, 9.17) is 21.1 Å². The lowest BCUT2D eigenvalue weighted by Crippen LogP contribution is -2.04. The van der Waals surface area contributed by atoms with Crippen LogP contribution < -0.4 is 4.74 Å². The van der Waals surface area contributed by atoms with Crippen LogP contribution in [0, 0.1) is 0 Å². The van der Waals surface area contributed by atoms with E-state index in [0.717, 1.165) is 5.39 Å². The Labute approximate surface area is 103 Å². The van der Waals surface area contributed by atoms with Crippen molar-refractivity contribution in [2.24, 2.45) is 0 Å². The van der Waals surface area contributed by atoms with Gasteiger partial charge in [0.25, 0.3) is 0 Å². The van der Waals surface area contributed by atoms with Gasteiger partial charge in [0.1, 0.15) is 11.4 Å². The molecule has 5 heteroatoms. The Hall–Kier alpha value is -1.68. The molecule has 0 amide bonds. The van der Waals surface area contributed by atoms with Crippen molar-refractivity contribution in [1.82, 2.24) is 4.98 Å². The Bertz CT molecular complexity index is 562. The molecule has 0 saturated carbocycles. The number of rotatable bonds is 3. The molecular formula is C12H12ClNO3. The van der Waals surface area contributed by atoms with Crippen molar-refractivity contribution in [3.63, 3.8) is 0 Å². The normalized spacial score (nSPS) is 10.5. The maximum Gasteiger partial charge on any atom is 0.354 e. The first-order valence-corrected chi connectivity index (χ1v) is 5.57. The number of hydrogen-bond donors (Lipinski definition) is 1. The van der Waals surface area contributed by atoms with E-state index in [1.54, 1.807) is 32.2 Å². The third-order valence-electron chi connectivity index (χ3n) is 2.38. The van der Waals surface area contributed by atoms with Crippen LogP contribution in [0.4, 0.5) is 0 Å². The zero-order valence-electron chi connectivity index (χ0n) is 9.54. The van der Waals surface area contributed by atoms with E-state index < -0.39 is 5.97 Å².